The highest BCUT2D eigenvalue weighted by Crippen LogP contribution is 2.35. The van der Waals surface area contributed by atoms with Gasteiger partial charge in [-0.05, 0) is 30.4 Å². The summed E-state index contributed by atoms with van der Waals surface area (Å²) in [6.45, 7) is 4.68. The van der Waals surface area contributed by atoms with Gasteiger partial charge >= 0.3 is 6.03 Å². The van der Waals surface area contributed by atoms with E-state index in [9.17, 15) is 9.59 Å². The van der Waals surface area contributed by atoms with Crippen molar-refractivity contribution in [3.8, 4) is 11.5 Å². The van der Waals surface area contributed by atoms with Gasteiger partial charge in [0.15, 0.2) is 28.6 Å². The third-order valence-corrected chi connectivity index (χ3v) is 7.29. The van der Waals surface area contributed by atoms with Gasteiger partial charge in [-0.15, -0.1) is 10.2 Å². The Kier molecular flexibility index (Phi) is 6.88. The monoisotopic (exact) mass is 459 g/mol. The molecule has 1 aliphatic carbocycles. The van der Waals surface area contributed by atoms with Crippen LogP contribution < -0.4 is 20.1 Å². The number of carbonyl (C=O) groups is 2. The summed E-state index contributed by atoms with van der Waals surface area (Å²) in [5.41, 5.74) is 0. The molecule has 1 aliphatic heterocycles. The lowest BCUT2D eigenvalue weighted by atomic mass is 9.78. The number of thioether (sulfide) groups is 1. The molecule has 0 saturated heterocycles. The SMILES string of the molecule is C[C@@H]1[C@H](C)CCC[C@@H]1NC(=O)NC(=O)CSc1nnc([C@@H]2COc3ccccc3O2)n1C. The Hall–Kier alpha value is -2.75. The van der Waals surface area contributed by atoms with Crippen LogP contribution >= 0.6 is 11.8 Å². The predicted octanol–water partition coefficient (Wildman–Crippen LogP) is 3.07. The van der Waals surface area contributed by atoms with Gasteiger partial charge in [0.05, 0.1) is 5.75 Å². The number of ether oxygens (including phenoxy) is 2. The van der Waals surface area contributed by atoms with Crippen LogP contribution in [-0.2, 0) is 11.8 Å². The van der Waals surface area contributed by atoms with E-state index >= 15 is 0 Å². The Labute approximate surface area is 191 Å². The first-order valence-corrected chi connectivity index (χ1v) is 11.9. The van der Waals surface area contributed by atoms with E-state index in [0.29, 0.717) is 40.9 Å². The second-order valence-corrected chi connectivity index (χ2v) is 9.39. The van der Waals surface area contributed by atoms with Crippen LogP contribution in [0.3, 0.4) is 0 Å². The molecule has 2 aliphatic rings. The van der Waals surface area contributed by atoms with Crippen molar-refractivity contribution < 1.29 is 19.1 Å². The number of nitrogens with one attached hydrogen (secondary N) is 2. The van der Waals surface area contributed by atoms with Crippen molar-refractivity contribution in [3.05, 3.63) is 30.1 Å². The Morgan fingerprint density at radius 2 is 1.97 bits per heavy atom. The highest BCUT2D eigenvalue weighted by atomic mass is 32.2. The molecule has 172 valence electrons. The molecule has 1 aromatic heterocycles. The molecule has 10 heteroatoms. The Morgan fingerprint density at radius 1 is 1.19 bits per heavy atom. The molecular formula is C22H29N5O4S. The molecule has 0 unspecified atom stereocenters. The third-order valence-electron chi connectivity index (χ3n) is 6.27. The summed E-state index contributed by atoms with van der Waals surface area (Å²) in [4.78, 5) is 24.5. The maximum Gasteiger partial charge on any atom is 0.321 e. The maximum absolute atomic E-state index is 12.3. The van der Waals surface area contributed by atoms with E-state index in [1.54, 1.807) is 4.57 Å². The fourth-order valence-corrected chi connectivity index (χ4v) is 4.88. The largest absolute Gasteiger partial charge is 0.485 e. The van der Waals surface area contributed by atoms with E-state index in [1.165, 1.54) is 18.2 Å². The molecule has 1 fully saturated rings. The Balaban J connectivity index is 1.28. The average Bonchev–Trinajstić information content (AvgIpc) is 3.15. The fourth-order valence-electron chi connectivity index (χ4n) is 4.16. The second kappa shape index (κ2) is 9.81. The Morgan fingerprint density at radius 3 is 2.78 bits per heavy atom. The molecule has 2 N–H and O–H groups in total. The average molecular weight is 460 g/mol. The number of benzene rings is 1. The van der Waals surface area contributed by atoms with Gasteiger partial charge in [0.25, 0.3) is 0 Å². The van der Waals surface area contributed by atoms with Crippen LogP contribution in [0, 0.1) is 11.8 Å². The van der Waals surface area contributed by atoms with Crippen molar-refractivity contribution in [2.45, 2.75) is 50.4 Å². The summed E-state index contributed by atoms with van der Waals surface area (Å²) in [5, 5.41) is 14.3. The van der Waals surface area contributed by atoms with Crippen molar-refractivity contribution in [1.82, 2.24) is 25.4 Å². The van der Waals surface area contributed by atoms with E-state index in [4.69, 9.17) is 9.47 Å². The third kappa shape index (κ3) is 5.01. The van der Waals surface area contributed by atoms with Crippen molar-refractivity contribution in [2.75, 3.05) is 12.4 Å². The standard InChI is InChI=1S/C22H29N5O4S/c1-13-7-6-8-15(14(13)2)23-21(29)24-19(28)12-32-22-26-25-20(27(22)3)18-11-30-16-9-4-5-10-17(16)31-18/h4-5,9-10,13-15,18H,6-8,11-12H2,1-3H3,(H2,23,24,28,29)/t13-,14-,15+,18+/m1/s1. The van der Waals surface area contributed by atoms with E-state index in [-0.39, 0.29) is 17.7 Å². The highest BCUT2D eigenvalue weighted by Gasteiger charge is 2.29. The van der Waals surface area contributed by atoms with Gasteiger partial charge in [0.1, 0.15) is 6.61 Å². The molecule has 0 spiro atoms. The topological polar surface area (TPSA) is 107 Å². The number of fused-ring (bicyclic) bond motifs is 1. The number of nitrogens with zero attached hydrogens (tertiary/aromatic N) is 3. The smallest absolute Gasteiger partial charge is 0.321 e. The zero-order valence-electron chi connectivity index (χ0n) is 18.5. The minimum Gasteiger partial charge on any atom is -0.485 e. The quantitative estimate of drug-likeness (QED) is 0.662. The molecule has 4 rings (SSSR count). The minimum absolute atomic E-state index is 0.0564. The molecule has 1 saturated carbocycles. The summed E-state index contributed by atoms with van der Waals surface area (Å²) in [6, 6.07) is 7.13. The van der Waals surface area contributed by atoms with Crippen LogP contribution in [0.2, 0.25) is 0 Å². The molecular weight excluding hydrogens is 430 g/mol. The van der Waals surface area contributed by atoms with E-state index in [0.717, 1.165) is 12.8 Å². The van der Waals surface area contributed by atoms with Crippen molar-refractivity contribution in [1.29, 1.82) is 0 Å². The van der Waals surface area contributed by atoms with Crippen LogP contribution in [0.4, 0.5) is 4.79 Å². The van der Waals surface area contributed by atoms with Crippen molar-refractivity contribution in [2.24, 2.45) is 18.9 Å². The number of hydrogen-bond acceptors (Lipinski definition) is 7. The van der Waals surface area contributed by atoms with Gasteiger partial charge in [-0.25, -0.2) is 4.79 Å². The number of urea groups is 1. The summed E-state index contributed by atoms with van der Waals surface area (Å²) < 4.78 is 13.5. The number of rotatable bonds is 5. The van der Waals surface area contributed by atoms with Gasteiger partial charge in [0, 0.05) is 13.1 Å². The van der Waals surface area contributed by atoms with Crippen LogP contribution in [-0.4, -0.2) is 45.1 Å². The minimum atomic E-state index is -0.438. The van der Waals surface area contributed by atoms with Crippen molar-refractivity contribution >= 4 is 23.7 Å². The molecule has 0 bridgehead atoms. The molecule has 32 heavy (non-hydrogen) atoms. The zero-order chi connectivity index (χ0) is 22.7. The van der Waals surface area contributed by atoms with Crippen LogP contribution in [0.5, 0.6) is 11.5 Å². The van der Waals surface area contributed by atoms with Gasteiger partial charge < -0.3 is 19.4 Å². The maximum atomic E-state index is 12.3. The lowest BCUT2D eigenvalue weighted by Gasteiger charge is -2.34. The first-order chi connectivity index (χ1) is 15.4. The van der Waals surface area contributed by atoms with E-state index in [1.807, 2.05) is 31.3 Å². The second-order valence-electron chi connectivity index (χ2n) is 8.45. The molecule has 1 aromatic carbocycles. The number of carbonyl (C=O) groups excluding carboxylic acids is 2. The molecule has 0 radical (unpaired) electrons. The normalized spacial score (nSPS) is 24.6. The number of amides is 3. The first kappa shape index (κ1) is 22.4. The zero-order valence-corrected chi connectivity index (χ0v) is 19.4. The predicted molar refractivity (Wildman–Crippen MR) is 120 cm³/mol. The van der Waals surface area contributed by atoms with Gasteiger partial charge in [-0.1, -0.05) is 50.6 Å². The molecule has 3 amide bonds. The van der Waals surface area contributed by atoms with Crippen LogP contribution in [0.25, 0.3) is 0 Å². The van der Waals surface area contributed by atoms with Gasteiger partial charge in [-0.2, -0.15) is 0 Å². The van der Waals surface area contributed by atoms with E-state index < -0.39 is 12.1 Å². The number of hydrogen-bond donors (Lipinski definition) is 2. The fraction of sp³-hybridized carbons (Fsp3) is 0.545. The van der Waals surface area contributed by atoms with E-state index in [2.05, 4.69) is 34.7 Å². The highest BCUT2D eigenvalue weighted by molar-refractivity contribution is 7.99. The first-order valence-electron chi connectivity index (χ1n) is 10.9. The molecule has 2 heterocycles. The summed E-state index contributed by atoms with van der Waals surface area (Å²) >= 11 is 1.22. The molecule has 9 nitrogen and oxygen atoms in total. The summed E-state index contributed by atoms with van der Waals surface area (Å²) in [5.74, 6) is 2.62. The number of para-hydroxylation sites is 2. The molecule has 4 atom stereocenters. The number of aromatic nitrogens is 3. The van der Waals surface area contributed by atoms with Crippen LogP contribution in [0.15, 0.2) is 29.4 Å². The van der Waals surface area contributed by atoms with Gasteiger partial charge in [-0.3, -0.25) is 10.1 Å². The summed E-state index contributed by atoms with van der Waals surface area (Å²) in [7, 11) is 1.82. The molecule has 2 aromatic rings. The number of imide groups is 1. The van der Waals surface area contributed by atoms with Crippen molar-refractivity contribution in [3.63, 3.8) is 0 Å². The van der Waals surface area contributed by atoms with Gasteiger partial charge in [0.2, 0.25) is 5.91 Å². The Bertz CT molecular complexity index is 981. The van der Waals surface area contributed by atoms with Crippen LogP contribution in [0.1, 0.15) is 45.0 Å². The lowest BCUT2D eigenvalue weighted by Crippen LogP contribution is -2.49. The summed E-state index contributed by atoms with van der Waals surface area (Å²) in [6.07, 6.45) is 2.83. The lowest BCUT2D eigenvalue weighted by molar-refractivity contribution is -0.117.